The van der Waals surface area contributed by atoms with Crippen molar-refractivity contribution < 1.29 is 4.39 Å². The van der Waals surface area contributed by atoms with Crippen LogP contribution < -0.4 is 0 Å². The molecule has 1 aliphatic rings. The van der Waals surface area contributed by atoms with Crippen LogP contribution in [-0.2, 0) is 6.42 Å². The van der Waals surface area contributed by atoms with Gasteiger partial charge < -0.3 is 0 Å². The summed E-state index contributed by atoms with van der Waals surface area (Å²) in [4.78, 5) is 2.42. The van der Waals surface area contributed by atoms with E-state index in [1.165, 1.54) is 42.5 Å². The quantitative estimate of drug-likeness (QED) is 0.436. The Kier molecular flexibility index (Phi) is 5.21. The lowest BCUT2D eigenvalue weighted by atomic mass is 10.0. The summed E-state index contributed by atoms with van der Waals surface area (Å²) in [6, 6.07) is 18.1. The average molecular weight is 365 g/mol. The minimum Gasteiger partial charge on any atom is -0.206 e. The molecule has 3 aromatic rings. The maximum absolute atomic E-state index is 14.7. The van der Waals surface area contributed by atoms with Crippen molar-refractivity contribution in [2.75, 3.05) is 0 Å². The average Bonchev–Trinajstić information content (AvgIpc) is 3.32. The minimum absolute atomic E-state index is 0.132. The fraction of sp³-hybridized carbons (Fsp3) is 0.333. The largest absolute Gasteiger partial charge is 0.206 e. The van der Waals surface area contributed by atoms with Crippen LogP contribution in [0.1, 0.15) is 42.5 Å². The summed E-state index contributed by atoms with van der Waals surface area (Å²) in [5, 5.41) is 0. The van der Waals surface area contributed by atoms with Crippen LogP contribution in [0.3, 0.4) is 0 Å². The van der Waals surface area contributed by atoms with Gasteiger partial charge in [-0.1, -0.05) is 61.6 Å². The molecule has 0 atom stereocenters. The lowest BCUT2D eigenvalue weighted by molar-refractivity contribution is 0.506. The van der Waals surface area contributed by atoms with Gasteiger partial charge in [0.05, 0.1) is 0 Å². The molecule has 0 unspecified atom stereocenters. The maximum atomic E-state index is 14.7. The van der Waals surface area contributed by atoms with Gasteiger partial charge in [0.1, 0.15) is 5.82 Å². The van der Waals surface area contributed by atoms with Crippen LogP contribution in [0.4, 0.5) is 4.39 Å². The molecule has 0 nitrogen and oxygen atoms in total. The van der Waals surface area contributed by atoms with E-state index in [1.807, 2.05) is 12.1 Å². The molecule has 2 aromatic carbocycles. The van der Waals surface area contributed by atoms with Gasteiger partial charge in [-0.25, -0.2) is 4.39 Å². The second-order valence-electron chi connectivity index (χ2n) is 7.52. The second-order valence-corrected chi connectivity index (χ2v) is 8.68. The Labute approximate surface area is 159 Å². The van der Waals surface area contributed by atoms with Crippen molar-refractivity contribution in [3.8, 4) is 21.6 Å². The first-order valence-corrected chi connectivity index (χ1v) is 10.5. The Morgan fingerprint density at radius 2 is 1.65 bits per heavy atom. The molecule has 0 N–H and O–H groups in total. The van der Waals surface area contributed by atoms with E-state index in [0.29, 0.717) is 0 Å². The predicted octanol–water partition coefficient (Wildman–Crippen LogP) is 7.65. The zero-order valence-corrected chi connectivity index (χ0v) is 16.1. The fourth-order valence-corrected chi connectivity index (χ4v) is 4.99. The smallest absolute Gasteiger partial charge is 0.132 e. The van der Waals surface area contributed by atoms with Crippen molar-refractivity contribution >= 4 is 11.3 Å². The van der Waals surface area contributed by atoms with Crippen LogP contribution in [0.2, 0.25) is 0 Å². The highest BCUT2D eigenvalue weighted by molar-refractivity contribution is 7.15. The van der Waals surface area contributed by atoms with E-state index in [4.69, 9.17) is 0 Å². The van der Waals surface area contributed by atoms with Gasteiger partial charge in [-0.2, -0.15) is 0 Å². The number of halogens is 1. The predicted molar refractivity (Wildman–Crippen MR) is 110 cm³/mol. The highest BCUT2D eigenvalue weighted by atomic mass is 32.1. The van der Waals surface area contributed by atoms with Crippen molar-refractivity contribution in [1.82, 2.24) is 0 Å². The molecule has 1 aliphatic carbocycles. The van der Waals surface area contributed by atoms with Gasteiger partial charge in [0, 0.05) is 15.3 Å². The molecule has 134 valence electrons. The monoisotopic (exact) mass is 364 g/mol. The van der Waals surface area contributed by atoms with Crippen LogP contribution in [0.15, 0.2) is 54.6 Å². The van der Waals surface area contributed by atoms with Crippen molar-refractivity contribution in [3.05, 3.63) is 70.9 Å². The molecule has 0 amide bonds. The maximum Gasteiger partial charge on any atom is 0.132 e. The van der Waals surface area contributed by atoms with E-state index in [2.05, 4.69) is 43.3 Å². The van der Waals surface area contributed by atoms with E-state index in [1.54, 1.807) is 17.4 Å². The third-order valence-corrected chi connectivity index (χ3v) is 6.73. The lowest BCUT2D eigenvalue weighted by Gasteiger charge is -2.07. The number of hydrogen-bond acceptors (Lipinski definition) is 1. The van der Waals surface area contributed by atoms with Crippen LogP contribution >= 0.6 is 11.3 Å². The topological polar surface area (TPSA) is 0 Å². The van der Waals surface area contributed by atoms with E-state index >= 15 is 0 Å². The molecule has 4 rings (SSSR count). The summed E-state index contributed by atoms with van der Waals surface area (Å²) in [5.41, 5.74) is 3.93. The molecule has 1 aromatic heterocycles. The molecule has 1 fully saturated rings. The summed E-state index contributed by atoms with van der Waals surface area (Å²) in [7, 11) is 0. The number of rotatable bonds is 5. The van der Waals surface area contributed by atoms with Crippen LogP contribution in [0, 0.1) is 18.7 Å². The molecule has 0 radical (unpaired) electrons. The third kappa shape index (κ3) is 3.91. The molecule has 0 saturated heterocycles. The van der Waals surface area contributed by atoms with Gasteiger partial charge in [-0.15, -0.1) is 11.3 Å². The number of thiophene rings is 1. The Bertz CT molecular complexity index is 869. The molecule has 2 heteroatoms. The Morgan fingerprint density at radius 3 is 2.38 bits per heavy atom. The van der Waals surface area contributed by atoms with Gasteiger partial charge >= 0.3 is 0 Å². The number of aryl methyl sites for hydroxylation is 2. The molecular weight excluding hydrogens is 339 g/mol. The Morgan fingerprint density at radius 1 is 0.923 bits per heavy atom. The molecule has 0 aliphatic heterocycles. The Balaban J connectivity index is 1.50. The first-order valence-electron chi connectivity index (χ1n) is 9.65. The molecular formula is C24H25FS. The van der Waals surface area contributed by atoms with Crippen LogP contribution in [0.5, 0.6) is 0 Å². The zero-order chi connectivity index (χ0) is 17.9. The van der Waals surface area contributed by atoms with E-state index in [0.717, 1.165) is 33.9 Å². The highest BCUT2D eigenvalue weighted by Crippen LogP contribution is 2.35. The van der Waals surface area contributed by atoms with Crippen molar-refractivity contribution in [1.29, 1.82) is 0 Å². The molecule has 1 saturated carbocycles. The first kappa shape index (κ1) is 17.5. The highest BCUT2D eigenvalue weighted by Gasteiger charge is 2.15. The van der Waals surface area contributed by atoms with Gasteiger partial charge in [0.2, 0.25) is 0 Å². The molecule has 26 heavy (non-hydrogen) atoms. The first-order chi connectivity index (χ1) is 12.7. The molecule has 0 bridgehead atoms. The van der Waals surface area contributed by atoms with Gasteiger partial charge in [-0.05, 0) is 61.1 Å². The van der Waals surface area contributed by atoms with Crippen LogP contribution in [-0.4, -0.2) is 0 Å². The lowest BCUT2D eigenvalue weighted by Crippen LogP contribution is -1.94. The second kappa shape index (κ2) is 7.75. The zero-order valence-electron chi connectivity index (χ0n) is 15.3. The minimum atomic E-state index is -0.132. The summed E-state index contributed by atoms with van der Waals surface area (Å²) < 4.78 is 14.7. The number of hydrogen-bond donors (Lipinski definition) is 0. The van der Waals surface area contributed by atoms with Gasteiger partial charge in [0.15, 0.2) is 0 Å². The third-order valence-electron chi connectivity index (χ3n) is 5.55. The van der Waals surface area contributed by atoms with Crippen LogP contribution in [0.25, 0.3) is 21.6 Å². The normalized spacial score (nSPS) is 14.8. The SMILES string of the molecule is Cc1ccc(-c2ccc(-c3ccc(CCC4CCCC4)s3)c(F)c2)cc1. The van der Waals surface area contributed by atoms with Crippen molar-refractivity contribution in [2.45, 2.75) is 45.4 Å². The van der Waals surface area contributed by atoms with E-state index < -0.39 is 0 Å². The fourth-order valence-electron chi connectivity index (χ4n) is 3.94. The van der Waals surface area contributed by atoms with Gasteiger partial charge in [0.25, 0.3) is 0 Å². The molecule has 1 heterocycles. The van der Waals surface area contributed by atoms with Crippen molar-refractivity contribution in [2.24, 2.45) is 5.92 Å². The standard InChI is InChI=1S/C24H25FS/c1-17-6-9-19(10-7-17)20-11-14-22(23(25)16-20)24-15-13-21(26-24)12-8-18-4-2-3-5-18/h6-7,9-11,13-16,18H,2-5,8,12H2,1H3. The van der Waals surface area contributed by atoms with Crippen molar-refractivity contribution in [3.63, 3.8) is 0 Å². The Hall–Kier alpha value is -1.93. The summed E-state index contributed by atoms with van der Waals surface area (Å²) in [6.45, 7) is 2.06. The van der Waals surface area contributed by atoms with E-state index in [9.17, 15) is 4.39 Å². The number of benzene rings is 2. The van der Waals surface area contributed by atoms with E-state index in [-0.39, 0.29) is 5.82 Å². The summed E-state index contributed by atoms with van der Waals surface area (Å²) >= 11 is 1.75. The molecule has 0 spiro atoms. The summed E-state index contributed by atoms with van der Waals surface area (Å²) in [5.74, 6) is 0.776. The van der Waals surface area contributed by atoms with Gasteiger partial charge in [-0.3, -0.25) is 0 Å². The summed E-state index contributed by atoms with van der Waals surface area (Å²) in [6.07, 6.45) is 8.02.